The fourth-order valence-corrected chi connectivity index (χ4v) is 2.46. The Hall–Kier alpha value is -1.33. The van der Waals surface area contributed by atoms with Gasteiger partial charge < -0.3 is 19.7 Å². The van der Waals surface area contributed by atoms with Gasteiger partial charge in [-0.2, -0.15) is 0 Å². The number of rotatable bonds is 6. The summed E-state index contributed by atoms with van der Waals surface area (Å²) in [6.07, 6.45) is 3.74. The lowest BCUT2D eigenvalue weighted by atomic mass is 9.94. The third-order valence-corrected chi connectivity index (χ3v) is 3.74. The lowest BCUT2D eigenvalue weighted by Crippen LogP contribution is -2.31. The molecule has 1 aliphatic heterocycles. The minimum absolute atomic E-state index is 0.00659. The molecule has 2 heterocycles. The quantitative estimate of drug-likeness (QED) is 0.769. The van der Waals surface area contributed by atoms with Crippen LogP contribution in [0.5, 0.6) is 0 Å². The topological polar surface area (TPSA) is 65.7 Å². The molecule has 5 nitrogen and oxygen atoms in total. The van der Waals surface area contributed by atoms with E-state index in [9.17, 15) is 4.79 Å². The molecule has 106 valence electrons. The summed E-state index contributed by atoms with van der Waals surface area (Å²) in [6, 6.07) is 3.21. The van der Waals surface area contributed by atoms with Gasteiger partial charge in [0.2, 0.25) is 5.76 Å². The van der Waals surface area contributed by atoms with Gasteiger partial charge in [-0.3, -0.25) is 0 Å². The van der Waals surface area contributed by atoms with Crippen LogP contribution in [-0.4, -0.2) is 42.7 Å². The first-order chi connectivity index (χ1) is 9.15. The lowest BCUT2D eigenvalue weighted by Gasteiger charge is -2.28. The number of aromatic carboxylic acids is 1. The molecule has 0 spiro atoms. The van der Waals surface area contributed by atoms with E-state index in [1.807, 2.05) is 0 Å². The summed E-state index contributed by atoms with van der Waals surface area (Å²) in [5.41, 5.74) is 0. The van der Waals surface area contributed by atoms with E-state index in [-0.39, 0.29) is 5.76 Å². The Bertz CT molecular complexity index is 409. The van der Waals surface area contributed by atoms with Crippen molar-refractivity contribution in [3.63, 3.8) is 0 Å². The maximum atomic E-state index is 10.7. The minimum atomic E-state index is -1.02. The molecule has 0 aromatic carbocycles. The SMILES string of the molecule is CN1CCC(CCNCc2ccc(C(=O)O)o2)CC1. The summed E-state index contributed by atoms with van der Waals surface area (Å²) < 4.78 is 5.18. The number of furan rings is 1. The number of carbonyl (C=O) groups is 1. The van der Waals surface area contributed by atoms with E-state index in [0.717, 1.165) is 12.5 Å². The number of carboxylic acid groups (broad SMARTS) is 1. The first-order valence-corrected chi connectivity index (χ1v) is 6.86. The third-order valence-electron chi connectivity index (χ3n) is 3.74. The van der Waals surface area contributed by atoms with E-state index >= 15 is 0 Å². The van der Waals surface area contributed by atoms with Gasteiger partial charge in [-0.1, -0.05) is 0 Å². The highest BCUT2D eigenvalue weighted by molar-refractivity contribution is 5.84. The predicted octanol–water partition coefficient (Wildman–Crippen LogP) is 1.80. The highest BCUT2D eigenvalue weighted by Gasteiger charge is 2.16. The van der Waals surface area contributed by atoms with Crippen molar-refractivity contribution < 1.29 is 14.3 Å². The maximum absolute atomic E-state index is 10.7. The van der Waals surface area contributed by atoms with Gasteiger partial charge in [0.05, 0.1) is 6.54 Å². The molecule has 0 aliphatic carbocycles. The lowest BCUT2D eigenvalue weighted by molar-refractivity contribution is 0.0660. The van der Waals surface area contributed by atoms with Crippen LogP contribution in [0.15, 0.2) is 16.5 Å². The summed E-state index contributed by atoms with van der Waals surface area (Å²) in [7, 11) is 2.17. The molecule has 1 aliphatic rings. The van der Waals surface area contributed by atoms with Gasteiger partial charge in [-0.05, 0) is 64.0 Å². The molecule has 1 fully saturated rings. The number of piperidine rings is 1. The van der Waals surface area contributed by atoms with Crippen LogP contribution in [0.3, 0.4) is 0 Å². The van der Waals surface area contributed by atoms with Crippen molar-refractivity contribution in [1.82, 2.24) is 10.2 Å². The van der Waals surface area contributed by atoms with Crippen molar-refractivity contribution >= 4 is 5.97 Å². The normalized spacial score (nSPS) is 17.7. The predicted molar refractivity (Wildman–Crippen MR) is 72.2 cm³/mol. The molecule has 0 saturated carbocycles. The van der Waals surface area contributed by atoms with Crippen molar-refractivity contribution in [2.24, 2.45) is 5.92 Å². The molecule has 1 aromatic heterocycles. The van der Waals surface area contributed by atoms with Crippen molar-refractivity contribution in [1.29, 1.82) is 0 Å². The fourth-order valence-electron chi connectivity index (χ4n) is 2.46. The molecule has 5 heteroatoms. The van der Waals surface area contributed by atoms with E-state index in [1.54, 1.807) is 6.07 Å². The Morgan fingerprint density at radius 1 is 1.47 bits per heavy atom. The number of hydrogen-bond donors (Lipinski definition) is 2. The van der Waals surface area contributed by atoms with Gasteiger partial charge >= 0.3 is 5.97 Å². The largest absolute Gasteiger partial charge is 0.475 e. The number of likely N-dealkylation sites (tertiary alicyclic amines) is 1. The number of nitrogens with zero attached hydrogens (tertiary/aromatic N) is 1. The Kier molecular flexibility index (Phi) is 4.99. The molecule has 1 saturated heterocycles. The average molecular weight is 266 g/mol. The first-order valence-electron chi connectivity index (χ1n) is 6.86. The molecule has 0 atom stereocenters. The third kappa shape index (κ3) is 4.36. The molecule has 0 unspecified atom stereocenters. The summed E-state index contributed by atoms with van der Waals surface area (Å²) in [6.45, 7) is 3.95. The van der Waals surface area contributed by atoms with E-state index in [2.05, 4.69) is 17.3 Å². The molecule has 0 amide bonds. The van der Waals surface area contributed by atoms with Crippen molar-refractivity contribution in [3.05, 3.63) is 23.7 Å². The van der Waals surface area contributed by atoms with E-state index in [4.69, 9.17) is 9.52 Å². The van der Waals surface area contributed by atoms with Crippen molar-refractivity contribution in [3.8, 4) is 0 Å². The van der Waals surface area contributed by atoms with E-state index in [0.29, 0.717) is 12.3 Å². The summed E-state index contributed by atoms with van der Waals surface area (Å²) in [5.74, 6) is 0.486. The molecular weight excluding hydrogens is 244 g/mol. The summed E-state index contributed by atoms with van der Waals surface area (Å²) in [5, 5.41) is 12.1. The van der Waals surface area contributed by atoms with Crippen LogP contribution in [0.25, 0.3) is 0 Å². The first kappa shape index (κ1) is 14.1. The summed E-state index contributed by atoms with van der Waals surface area (Å²) in [4.78, 5) is 13.0. The van der Waals surface area contributed by atoms with E-state index < -0.39 is 5.97 Å². The highest BCUT2D eigenvalue weighted by atomic mass is 16.4. The molecule has 2 rings (SSSR count). The number of carboxylic acids is 1. The van der Waals surface area contributed by atoms with Gasteiger partial charge in [0, 0.05) is 0 Å². The van der Waals surface area contributed by atoms with Crippen LogP contribution in [0.1, 0.15) is 35.6 Å². The molecule has 0 radical (unpaired) electrons. The zero-order valence-electron chi connectivity index (χ0n) is 11.4. The van der Waals surface area contributed by atoms with Crippen molar-refractivity contribution in [2.45, 2.75) is 25.8 Å². The molecular formula is C14H22N2O3. The zero-order valence-corrected chi connectivity index (χ0v) is 11.4. The monoisotopic (exact) mass is 266 g/mol. The van der Waals surface area contributed by atoms with Gasteiger partial charge in [-0.15, -0.1) is 0 Å². The molecule has 1 aromatic rings. The van der Waals surface area contributed by atoms with Crippen LogP contribution < -0.4 is 5.32 Å². The van der Waals surface area contributed by atoms with E-state index in [1.165, 1.54) is 38.4 Å². The van der Waals surface area contributed by atoms with Crippen LogP contribution in [0.4, 0.5) is 0 Å². The van der Waals surface area contributed by atoms with Crippen molar-refractivity contribution in [2.75, 3.05) is 26.7 Å². The second-order valence-electron chi connectivity index (χ2n) is 5.28. The molecule has 0 bridgehead atoms. The van der Waals surface area contributed by atoms with Gasteiger partial charge in [0.1, 0.15) is 5.76 Å². The Morgan fingerprint density at radius 2 is 2.21 bits per heavy atom. The van der Waals surface area contributed by atoms with Crippen LogP contribution in [0, 0.1) is 5.92 Å². The Labute approximate surface area is 113 Å². The maximum Gasteiger partial charge on any atom is 0.371 e. The number of hydrogen-bond acceptors (Lipinski definition) is 4. The fraction of sp³-hybridized carbons (Fsp3) is 0.643. The van der Waals surface area contributed by atoms with Gasteiger partial charge in [0.15, 0.2) is 0 Å². The average Bonchev–Trinajstić information content (AvgIpc) is 2.86. The second kappa shape index (κ2) is 6.73. The smallest absolute Gasteiger partial charge is 0.371 e. The molecule has 2 N–H and O–H groups in total. The van der Waals surface area contributed by atoms with Crippen LogP contribution in [0.2, 0.25) is 0 Å². The Balaban J connectivity index is 1.62. The van der Waals surface area contributed by atoms with Crippen LogP contribution >= 0.6 is 0 Å². The summed E-state index contributed by atoms with van der Waals surface area (Å²) >= 11 is 0. The van der Waals surface area contributed by atoms with Gasteiger partial charge in [-0.25, -0.2) is 4.79 Å². The minimum Gasteiger partial charge on any atom is -0.475 e. The second-order valence-corrected chi connectivity index (χ2v) is 5.28. The zero-order chi connectivity index (χ0) is 13.7. The number of nitrogens with one attached hydrogen (secondary N) is 1. The standard InChI is InChI=1S/C14H22N2O3/c1-16-8-5-11(6-9-16)4-7-15-10-12-2-3-13(19-12)14(17)18/h2-3,11,15H,4-10H2,1H3,(H,17,18). The molecule has 19 heavy (non-hydrogen) atoms. The highest BCUT2D eigenvalue weighted by Crippen LogP contribution is 2.18. The van der Waals surface area contributed by atoms with Gasteiger partial charge in [0.25, 0.3) is 0 Å². The van der Waals surface area contributed by atoms with Crippen LogP contribution in [-0.2, 0) is 6.54 Å². The Morgan fingerprint density at radius 3 is 2.84 bits per heavy atom.